The fourth-order valence-corrected chi connectivity index (χ4v) is 2.90. The fourth-order valence-electron chi connectivity index (χ4n) is 2.90. The number of ether oxygens (including phenoxy) is 1. The molecule has 0 bridgehead atoms. The number of nitrogens with zero attached hydrogens (tertiary/aromatic N) is 2. The topological polar surface area (TPSA) is 54.5 Å². The molecule has 1 N–H and O–H groups in total. The van der Waals surface area contributed by atoms with Crippen LogP contribution in [0.4, 0.5) is 0 Å². The Morgan fingerprint density at radius 1 is 1.45 bits per heavy atom. The van der Waals surface area contributed by atoms with Gasteiger partial charge in [0.2, 0.25) is 5.91 Å². The van der Waals surface area contributed by atoms with Crippen molar-refractivity contribution in [3.05, 3.63) is 30.1 Å². The number of amides is 1. The van der Waals surface area contributed by atoms with Gasteiger partial charge in [-0.3, -0.25) is 14.7 Å². The summed E-state index contributed by atoms with van der Waals surface area (Å²) in [5.74, 6) is 0.827. The highest BCUT2D eigenvalue weighted by Crippen LogP contribution is 2.22. The lowest BCUT2D eigenvalue weighted by molar-refractivity contribution is -0.121. The van der Waals surface area contributed by atoms with Crippen LogP contribution in [-0.4, -0.2) is 49.1 Å². The highest BCUT2D eigenvalue weighted by Gasteiger charge is 2.19. The summed E-state index contributed by atoms with van der Waals surface area (Å²) in [5.41, 5.74) is 1.28. The molecule has 1 saturated heterocycles. The zero-order valence-corrected chi connectivity index (χ0v) is 13.5. The minimum atomic E-state index is 0.148. The van der Waals surface area contributed by atoms with Crippen molar-refractivity contribution in [2.75, 3.05) is 33.4 Å². The fraction of sp³-hybridized carbons (Fsp3) is 0.647. The maximum absolute atomic E-state index is 11.7. The lowest BCUT2D eigenvalue weighted by Crippen LogP contribution is -2.34. The molecule has 5 nitrogen and oxygen atoms in total. The van der Waals surface area contributed by atoms with Gasteiger partial charge in [-0.15, -0.1) is 0 Å². The van der Waals surface area contributed by atoms with Crippen LogP contribution in [0.3, 0.4) is 0 Å². The minimum absolute atomic E-state index is 0.148. The van der Waals surface area contributed by atoms with Gasteiger partial charge in [-0.05, 0) is 49.9 Å². The number of pyridine rings is 1. The molecule has 1 aromatic rings. The van der Waals surface area contributed by atoms with E-state index in [0.717, 1.165) is 26.1 Å². The third-order valence-electron chi connectivity index (χ3n) is 4.24. The first-order valence-electron chi connectivity index (χ1n) is 8.15. The van der Waals surface area contributed by atoms with E-state index in [1.54, 1.807) is 7.11 Å². The molecule has 0 atom stereocenters. The summed E-state index contributed by atoms with van der Waals surface area (Å²) in [4.78, 5) is 18.3. The van der Waals surface area contributed by atoms with Crippen LogP contribution in [0, 0.1) is 5.92 Å². The molecular formula is C17H27N3O2. The molecule has 5 heteroatoms. The number of aromatic nitrogens is 1. The van der Waals surface area contributed by atoms with Crippen molar-refractivity contribution in [3.63, 3.8) is 0 Å². The van der Waals surface area contributed by atoms with Crippen molar-refractivity contribution < 1.29 is 9.53 Å². The minimum Gasteiger partial charge on any atom is -0.383 e. The van der Waals surface area contributed by atoms with Crippen LogP contribution >= 0.6 is 0 Å². The molecule has 1 aromatic heterocycles. The Kier molecular flexibility index (Phi) is 7.33. The Morgan fingerprint density at radius 3 is 2.95 bits per heavy atom. The van der Waals surface area contributed by atoms with E-state index in [-0.39, 0.29) is 5.91 Å². The molecule has 1 aliphatic rings. The van der Waals surface area contributed by atoms with Crippen LogP contribution in [0.1, 0.15) is 31.2 Å². The Morgan fingerprint density at radius 2 is 2.27 bits per heavy atom. The molecular weight excluding hydrogens is 278 g/mol. The first-order valence-corrected chi connectivity index (χ1v) is 8.15. The van der Waals surface area contributed by atoms with Crippen LogP contribution in [-0.2, 0) is 16.1 Å². The van der Waals surface area contributed by atoms with Gasteiger partial charge in [-0.2, -0.15) is 0 Å². The number of hydrogen-bond acceptors (Lipinski definition) is 4. The average Bonchev–Trinajstić information content (AvgIpc) is 2.55. The van der Waals surface area contributed by atoms with E-state index in [1.807, 2.05) is 18.5 Å². The molecule has 0 radical (unpaired) electrons. The van der Waals surface area contributed by atoms with Gasteiger partial charge >= 0.3 is 0 Å². The number of rotatable bonds is 8. The highest BCUT2D eigenvalue weighted by molar-refractivity contribution is 5.75. The van der Waals surface area contributed by atoms with Crippen molar-refractivity contribution >= 4 is 5.91 Å². The predicted octanol–water partition coefficient (Wildman–Crippen LogP) is 1.84. The highest BCUT2D eigenvalue weighted by atomic mass is 16.5. The third-order valence-corrected chi connectivity index (χ3v) is 4.24. The maximum atomic E-state index is 11.7. The summed E-state index contributed by atoms with van der Waals surface area (Å²) in [6, 6.07) is 4.12. The van der Waals surface area contributed by atoms with Crippen molar-refractivity contribution in [3.8, 4) is 0 Å². The number of likely N-dealkylation sites (tertiary alicyclic amines) is 1. The molecule has 1 amide bonds. The first-order chi connectivity index (χ1) is 10.8. The van der Waals surface area contributed by atoms with Gasteiger partial charge in [0.1, 0.15) is 0 Å². The summed E-state index contributed by atoms with van der Waals surface area (Å²) in [6.07, 6.45) is 7.76. The van der Waals surface area contributed by atoms with Crippen molar-refractivity contribution in [1.29, 1.82) is 0 Å². The maximum Gasteiger partial charge on any atom is 0.220 e. The molecule has 1 fully saturated rings. The molecule has 0 aliphatic carbocycles. The molecule has 22 heavy (non-hydrogen) atoms. The summed E-state index contributed by atoms with van der Waals surface area (Å²) in [6.45, 7) is 4.41. The van der Waals surface area contributed by atoms with E-state index in [9.17, 15) is 4.79 Å². The van der Waals surface area contributed by atoms with Crippen molar-refractivity contribution in [2.24, 2.45) is 5.92 Å². The normalized spacial score (nSPS) is 16.6. The number of methoxy groups -OCH3 is 1. The standard InChI is InChI=1S/C17H27N3O2/c1-22-12-9-19-17(21)5-4-15-6-10-20(11-7-15)14-16-3-2-8-18-13-16/h2-3,8,13,15H,4-7,9-12,14H2,1H3,(H,19,21). The second-order valence-electron chi connectivity index (χ2n) is 5.96. The zero-order valence-electron chi connectivity index (χ0n) is 13.5. The van der Waals surface area contributed by atoms with E-state index in [2.05, 4.69) is 21.3 Å². The van der Waals surface area contributed by atoms with Crippen LogP contribution in [0.5, 0.6) is 0 Å². The van der Waals surface area contributed by atoms with E-state index >= 15 is 0 Å². The van der Waals surface area contributed by atoms with E-state index in [1.165, 1.54) is 18.4 Å². The van der Waals surface area contributed by atoms with E-state index < -0.39 is 0 Å². The van der Waals surface area contributed by atoms with Crippen molar-refractivity contribution in [1.82, 2.24) is 15.2 Å². The van der Waals surface area contributed by atoms with Gasteiger partial charge in [0.15, 0.2) is 0 Å². The summed E-state index contributed by atoms with van der Waals surface area (Å²) in [5, 5.41) is 2.88. The molecule has 0 unspecified atom stereocenters. The second-order valence-corrected chi connectivity index (χ2v) is 5.96. The van der Waals surface area contributed by atoms with Crippen LogP contribution < -0.4 is 5.32 Å². The summed E-state index contributed by atoms with van der Waals surface area (Å²) >= 11 is 0. The smallest absolute Gasteiger partial charge is 0.220 e. The number of nitrogens with one attached hydrogen (secondary N) is 1. The summed E-state index contributed by atoms with van der Waals surface area (Å²) < 4.78 is 4.92. The SMILES string of the molecule is COCCNC(=O)CCC1CCN(Cc2cccnc2)CC1. The molecule has 0 spiro atoms. The van der Waals surface area contributed by atoms with Gasteiger partial charge < -0.3 is 10.1 Å². The van der Waals surface area contributed by atoms with Crippen molar-refractivity contribution in [2.45, 2.75) is 32.2 Å². The molecule has 122 valence electrons. The Labute approximate surface area is 133 Å². The predicted molar refractivity (Wildman–Crippen MR) is 86.4 cm³/mol. The van der Waals surface area contributed by atoms with Crippen LogP contribution in [0.2, 0.25) is 0 Å². The molecule has 0 saturated carbocycles. The van der Waals surface area contributed by atoms with Gasteiger partial charge in [-0.25, -0.2) is 0 Å². The Balaban J connectivity index is 1.60. The third kappa shape index (κ3) is 6.12. The Bertz CT molecular complexity index is 431. The average molecular weight is 305 g/mol. The van der Waals surface area contributed by atoms with Gasteiger partial charge in [-0.1, -0.05) is 6.07 Å². The number of carbonyl (C=O) groups excluding carboxylic acids is 1. The van der Waals surface area contributed by atoms with Gasteiger partial charge in [0.25, 0.3) is 0 Å². The second kappa shape index (κ2) is 9.54. The number of piperidine rings is 1. The quantitative estimate of drug-likeness (QED) is 0.745. The van der Waals surface area contributed by atoms with E-state index in [4.69, 9.17) is 4.74 Å². The van der Waals surface area contributed by atoms with E-state index in [0.29, 0.717) is 25.5 Å². The lowest BCUT2D eigenvalue weighted by Gasteiger charge is -2.31. The molecule has 0 aromatic carbocycles. The first kappa shape index (κ1) is 16.9. The van der Waals surface area contributed by atoms with Crippen LogP contribution in [0.25, 0.3) is 0 Å². The number of hydrogen-bond donors (Lipinski definition) is 1. The molecule has 2 rings (SSSR count). The van der Waals surface area contributed by atoms with Gasteiger partial charge in [0, 0.05) is 39.0 Å². The van der Waals surface area contributed by atoms with Gasteiger partial charge in [0.05, 0.1) is 6.61 Å². The molecule has 1 aliphatic heterocycles. The zero-order chi connectivity index (χ0) is 15.6. The summed E-state index contributed by atoms with van der Waals surface area (Å²) in [7, 11) is 1.64. The molecule has 2 heterocycles. The Hall–Kier alpha value is -1.46. The number of carbonyl (C=O) groups is 1. The largest absolute Gasteiger partial charge is 0.383 e. The monoisotopic (exact) mass is 305 g/mol. The lowest BCUT2D eigenvalue weighted by atomic mass is 9.92. The van der Waals surface area contributed by atoms with Crippen LogP contribution in [0.15, 0.2) is 24.5 Å².